The van der Waals surface area contributed by atoms with E-state index in [0.717, 1.165) is 12.4 Å². The predicted molar refractivity (Wildman–Crippen MR) is 62.1 cm³/mol. The van der Waals surface area contributed by atoms with E-state index in [1.54, 1.807) is 6.20 Å². The second kappa shape index (κ2) is 4.35. The molecule has 1 aromatic heterocycles. The van der Waals surface area contributed by atoms with Crippen molar-refractivity contribution in [2.75, 3.05) is 11.9 Å². The molecule has 1 aliphatic rings. The molecule has 82 valence electrons. The maximum atomic E-state index is 5.71. The van der Waals surface area contributed by atoms with Gasteiger partial charge in [-0.05, 0) is 42.3 Å². The Morgan fingerprint density at radius 2 is 2.33 bits per heavy atom. The maximum absolute atomic E-state index is 5.71. The molecular formula is C11H16ClN3. The van der Waals surface area contributed by atoms with Crippen molar-refractivity contribution in [1.29, 1.82) is 0 Å². The first-order valence-corrected chi connectivity index (χ1v) is 5.84. The van der Waals surface area contributed by atoms with Gasteiger partial charge in [-0.3, -0.25) is 0 Å². The maximum Gasteiger partial charge on any atom is 0.224 e. The number of anilines is 1. The lowest BCUT2D eigenvalue weighted by Gasteiger charge is -2.41. The normalized spacial score (nSPS) is 18.3. The Morgan fingerprint density at radius 3 is 2.87 bits per heavy atom. The molecule has 0 radical (unpaired) electrons. The summed E-state index contributed by atoms with van der Waals surface area (Å²) in [6.07, 6.45) is 6.93. The fraction of sp³-hybridized carbons (Fsp3) is 0.636. The SMILES string of the molecule is CCC1(CNc2ccnc(Cl)n2)CCC1. The Morgan fingerprint density at radius 1 is 1.53 bits per heavy atom. The zero-order valence-electron chi connectivity index (χ0n) is 8.96. The first-order chi connectivity index (χ1) is 7.24. The molecule has 0 saturated heterocycles. The molecule has 1 saturated carbocycles. The number of aromatic nitrogens is 2. The zero-order chi connectivity index (χ0) is 10.7. The highest BCUT2D eigenvalue weighted by molar-refractivity contribution is 6.28. The minimum Gasteiger partial charge on any atom is -0.369 e. The van der Waals surface area contributed by atoms with Crippen LogP contribution in [-0.4, -0.2) is 16.5 Å². The second-order valence-corrected chi connectivity index (χ2v) is 4.61. The van der Waals surface area contributed by atoms with Gasteiger partial charge < -0.3 is 5.32 Å². The summed E-state index contributed by atoms with van der Waals surface area (Å²) in [6.45, 7) is 3.25. The van der Waals surface area contributed by atoms with E-state index in [1.807, 2.05) is 6.07 Å². The zero-order valence-corrected chi connectivity index (χ0v) is 9.72. The lowest BCUT2D eigenvalue weighted by Crippen LogP contribution is -2.36. The number of rotatable bonds is 4. The van der Waals surface area contributed by atoms with Crippen molar-refractivity contribution in [3.05, 3.63) is 17.5 Å². The summed E-state index contributed by atoms with van der Waals surface area (Å²) in [5.41, 5.74) is 0.497. The van der Waals surface area contributed by atoms with E-state index in [4.69, 9.17) is 11.6 Å². The molecule has 0 aliphatic heterocycles. The van der Waals surface area contributed by atoms with Crippen LogP contribution in [0.3, 0.4) is 0 Å². The van der Waals surface area contributed by atoms with Gasteiger partial charge in [-0.2, -0.15) is 0 Å². The lowest BCUT2D eigenvalue weighted by atomic mass is 9.67. The van der Waals surface area contributed by atoms with Crippen LogP contribution in [0.4, 0.5) is 5.82 Å². The number of nitrogens with one attached hydrogen (secondary N) is 1. The van der Waals surface area contributed by atoms with Crippen LogP contribution in [-0.2, 0) is 0 Å². The van der Waals surface area contributed by atoms with E-state index in [1.165, 1.54) is 25.7 Å². The molecule has 15 heavy (non-hydrogen) atoms. The standard InChI is InChI=1S/C11H16ClN3/c1-2-11(5-3-6-11)8-14-9-4-7-13-10(12)15-9/h4,7H,2-3,5-6,8H2,1H3,(H,13,14,15). The van der Waals surface area contributed by atoms with Gasteiger partial charge in [-0.15, -0.1) is 0 Å². The Kier molecular flexibility index (Phi) is 3.10. The summed E-state index contributed by atoms with van der Waals surface area (Å²) in [5.74, 6) is 0.828. The summed E-state index contributed by atoms with van der Waals surface area (Å²) in [5, 5.41) is 3.65. The third-order valence-electron chi connectivity index (χ3n) is 3.43. The molecule has 0 bridgehead atoms. The van der Waals surface area contributed by atoms with Crippen LogP contribution < -0.4 is 5.32 Å². The average molecular weight is 226 g/mol. The smallest absolute Gasteiger partial charge is 0.224 e. The quantitative estimate of drug-likeness (QED) is 0.801. The Bertz CT molecular complexity index is 331. The van der Waals surface area contributed by atoms with E-state index in [9.17, 15) is 0 Å². The molecule has 1 fully saturated rings. The van der Waals surface area contributed by atoms with Crippen LogP contribution in [0.2, 0.25) is 5.28 Å². The molecule has 0 unspecified atom stereocenters. The average Bonchev–Trinajstić information content (AvgIpc) is 2.17. The third kappa shape index (κ3) is 2.40. The summed E-state index contributed by atoms with van der Waals surface area (Å²) >= 11 is 5.71. The predicted octanol–water partition coefficient (Wildman–Crippen LogP) is 3.12. The summed E-state index contributed by atoms with van der Waals surface area (Å²) in [4.78, 5) is 7.97. The van der Waals surface area contributed by atoms with Crippen LogP contribution in [0, 0.1) is 5.41 Å². The van der Waals surface area contributed by atoms with Crippen LogP contribution in [0.1, 0.15) is 32.6 Å². The Hall–Kier alpha value is -0.830. The molecule has 1 N–H and O–H groups in total. The van der Waals surface area contributed by atoms with Crippen LogP contribution >= 0.6 is 11.6 Å². The van der Waals surface area contributed by atoms with Gasteiger partial charge in [-0.25, -0.2) is 9.97 Å². The molecular weight excluding hydrogens is 210 g/mol. The van der Waals surface area contributed by atoms with E-state index in [2.05, 4.69) is 22.2 Å². The van der Waals surface area contributed by atoms with Crippen molar-refractivity contribution in [3.63, 3.8) is 0 Å². The van der Waals surface area contributed by atoms with Gasteiger partial charge >= 0.3 is 0 Å². The van der Waals surface area contributed by atoms with Crippen molar-refractivity contribution in [3.8, 4) is 0 Å². The molecule has 0 atom stereocenters. The first kappa shape index (κ1) is 10.7. The summed E-state index contributed by atoms with van der Waals surface area (Å²) in [7, 11) is 0. The number of hydrogen-bond donors (Lipinski definition) is 1. The van der Waals surface area contributed by atoms with Crippen molar-refractivity contribution < 1.29 is 0 Å². The van der Waals surface area contributed by atoms with Crippen LogP contribution in [0.25, 0.3) is 0 Å². The lowest BCUT2D eigenvalue weighted by molar-refractivity contribution is 0.145. The fourth-order valence-corrected chi connectivity index (χ4v) is 2.19. The highest BCUT2D eigenvalue weighted by Crippen LogP contribution is 2.43. The topological polar surface area (TPSA) is 37.8 Å². The molecule has 0 amide bonds. The first-order valence-electron chi connectivity index (χ1n) is 5.46. The molecule has 0 aromatic carbocycles. The minimum atomic E-state index is 0.305. The molecule has 0 spiro atoms. The summed E-state index contributed by atoms with van der Waals surface area (Å²) < 4.78 is 0. The van der Waals surface area contributed by atoms with Crippen molar-refractivity contribution >= 4 is 17.4 Å². The molecule has 3 nitrogen and oxygen atoms in total. The second-order valence-electron chi connectivity index (χ2n) is 4.27. The van der Waals surface area contributed by atoms with E-state index < -0.39 is 0 Å². The summed E-state index contributed by atoms with van der Waals surface area (Å²) in [6, 6.07) is 1.86. The van der Waals surface area contributed by atoms with E-state index >= 15 is 0 Å². The van der Waals surface area contributed by atoms with Gasteiger partial charge in [0.25, 0.3) is 0 Å². The largest absolute Gasteiger partial charge is 0.369 e. The molecule has 2 rings (SSSR count). The fourth-order valence-electron chi connectivity index (χ4n) is 2.04. The van der Waals surface area contributed by atoms with Crippen molar-refractivity contribution in [1.82, 2.24) is 9.97 Å². The highest BCUT2D eigenvalue weighted by atomic mass is 35.5. The molecule has 4 heteroatoms. The minimum absolute atomic E-state index is 0.305. The molecule has 1 heterocycles. The van der Waals surface area contributed by atoms with Gasteiger partial charge in [0.15, 0.2) is 0 Å². The number of nitrogens with zero attached hydrogens (tertiary/aromatic N) is 2. The third-order valence-corrected chi connectivity index (χ3v) is 3.62. The van der Waals surface area contributed by atoms with Crippen molar-refractivity contribution in [2.24, 2.45) is 5.41 Å². The number of hydrogen-bond acceptors (Lipinski definition) is 3. The number of halogens is 1. The van der Waals surface area contributed by atoms with Crippen molar-refractivity contribution in [2.45, 2.75) is 32.6 Å². The Balaban J connectivity index is 1.92. The van der Waals surface area contributed by atoms with Crippen LogP contribution in [0.15, 0.2) is 12.3 Å². The van der Waals surface area contributed by atoms with Gasteiger partial charge in [0.05, 0.1) is 0 Å². The van der Waals surface area contributed by atoms with Gasteiger partial charge in [0.2, 0.25) is 5.28 Å². The van der Waals surface area contributed by atoms with Crippen LogP contribution in [0.5, 0.6) is 0 Å². The van der Waals surface area contributed by atoms with Gasteiger partial charge in [-0.1, -0.05) is 13.3 Å². The van der Waals surface area contributed by atoms with E-state index in [0.29, 0.717) is 10.7 Å². The highest BCUT2D eigenvalue weighted by Gasteiger charge is 2.34. The van der Waals surface area contributed by atoms with Gasteiger partial charge in [0.1, 0.15) is 5.82 Å². The molecule has 1 aliphatic carbocycles. The molecule has 1 aromatic rings. The monoisotopic (exact) mass is 225 g/mol. The Labute approximate surface area is 95.3 Å². The van der Waals surface area contributed by atoms with Gasteiger partial charge in [0, 0.05) is 12.7 Å². The van der Waals surface area contributed by atoms with E-state index in [-0.39, 0.29) is 0 Å².